The Balaban J connectivity index is 2.32. The maximum atomic E-state index is 13.4. The molecule has 0 N–H and O–H groups in total. The van der Waals surface area contributed by atoms with Gasteiger partial charge in [-0.15, -0.1) is 0 Å². The molecule has 1 aromatic heterocycles. The number of halogens is 3. The molecular weight excluding hydrogens is 403 g/mol. The predicted molar refractivity (Wildman–Crippen MR) is 100 cm³/mol. The lowest BCUT2D eigenvalue weighted by Gasteiger charge is -2.26. The molecule has 0 radical (unpaired) electrons. The van der Waals surface area contributed by atoms with E-state index in [2.05, 4.69) is 5.10 Å². The van der Waals surface area contributed by atoms with Crippen molar-refractivity contribution in [2.75, 3.05) is 19.1 Å². The van der Waals surface area contributed by atoms with Crippen LogP contribution in [-0.2, 0) is 25.2 Å². The number of ether oxygens (including phenoxy) is 2. The number of carbonyl (C=O) groups is 2. The van der Waals surface area contributed by atoms with E-state index < -0.39 is 23.7 Å². The smallest absolute Gasteiger partial charge is 0.416 e. The van der Waals surface area contributed by atoms with Gasteiger partial charge in [-0.1, -0.05) is 6.08 Å². The second-order valence-corrected chi connectivity index (χ2v) is 5.97. The van der Waals surface area contributed by atoms with Crippen molar-refractivity contribution in [1.29, 1.82) is 0 Å². The Labute approximate surface area is 169 Å². The Morgan fingerprint density at radius 1 is 1.03 bits per heavy atom. The average molecular weight is 419 g/mol. The molecule has 0 saturated carbocycles. The zero-order valence-electron chi connectivity index (χ0n) is 15.9. The third kappa shape index (κ3) is 3.97. The highest BCUT2D eigenvalue weighted by molar-refractivity contribution is 6.05. The molecule has 10 heteroatoms. The summed E-state index contributed by atoms with van der Waals surface area (Å²) in [5.41, 5.74) is -1.23. The third-order valence-corrected chi connectivity index (χ3v) is 4.20. The van der Waals surface area contributed by atoms with Gasteiger partial charge < -0.3 is 14.4 Å². The van der Waals surface area contributed by atoms with Crippen molar-refractivity contribution in [3.05, 3.63) is 77.9 Å². The van der Waals surface area contributed by atoms with Crippen LogP contribution in [0.25, 0.3) is 5.69 Å². The second-order valence-electron chi connectivity index (χ2n) is 5.97. The van der Waals surface area contributed by atoms with Crippen molar-refractivity contribution < 1.29 is 32.2 Å². The van der Waals surface area contributed by atoms with Crippen LogP contribution in [0.5, 0.6) is 0 Å². The van der Waals surface area contributed by atoms with Crippen LogP contribution in [0, 0.1) is 0 Å². The van der Waals surface area contributed by atoms with E-state index in [9.17, 15) is 22.8 Å². The quantitative estimate of drug-likeness (QED) is 0.708. The highest BCUT2D eigenvalue weighted by Gasteiger charge is 2.34. The minimum Gasteiger partial charge on any atom is -0.465 e. The summed E-state index contributed by atoms with van der Waals surface area (Å²) in [6, 6.07) is 4.59. The predicted octanol–water partition coefficient (Wildman–Crippen LogP) is 3.38. The minimum atomic E-state index is -4.63. The number of methoxy groups -OCH3 is 2. The van der Waals surface area contributed by atoms with Crippen LogP contribution in [0.4, 0.5) is 18.9 Å². The van der Waals surface area contributed by atoms with Crippen molar-refractivity contribution in [3.8, 4) is 5.69 Å². The first kappa shape index (κ1) is 20.9. The molecule has 0 saturated heterocycles. The van der Waals surface area contributed by atoms with Crippen molar-refractivity contribution in [2.24, 2.45) is 0 Å². The standard InChI is InChI=1S/C20H16F3N3O4/c1-29-18(27)14-6-3-4-10-25(17(14)19(28)30-2)16-12-13(20(21,22)23)7-8-15(16)26-11-5-9-24-26/h3-12H,1-2H3. The van der Waals surface area contributed by atoms with Crippen LogP contribution in [0.2, 0.25) is 0 Å². The highest BCUT2D eigenvalue weighted by atomic mass is 19.4. The fourth-order valence-electron chi connectivity index (χ4n) is 2.85. The summed E-state index contributed by atoms with van der Waals surface area (Å²) in [4.78, 5) is 26.0. The first-order valence-electron chi connectivity index (χ1n) is 8.54. The van der Waals surface area contributed by atoms with E-state index in [1.807, 2.05) is 0 Å². The van der Waals surface area contributed by atoms with E-state index in [-0.39, 0.29) is 22.6 Å². The Kier molecular flexibility index (Phi) is 5.77. The molecule has 0 unspecified atom stereocenters. The van der Waals surface area contributed by atoms with Crippen molar-refractivity contribution in [1.82, 2.24) is 9.78 Å². The molecule has 1 aromatic carbocycles. The summed E-state index contributed by atoms with van der Waals surface area (Å²) >= 11 is 0. The number of benzene rings is 1. The molecule has 1 aliphatic heterocycles. The van der Waals surface area contributed by atoms with Crippen molar-refractivity contribution in [3.63, 3.8) is 0 Å². The number of carbonyl (C=O) groups excluding carboxylic acids is 2. The molecule has 156 valence electrons. The van der Waals surface area contributed by atoms with Gasteiger partial charge in [0.15, 0.2) is 0 Å². The van der Waals surface area contributed by atoms with E-state index in [1.54, 1.807) is 6.07 Å². The van der Waals surface area contributed by atoms with Gasteiger partial charge in [0.1, 0.15) is 5.70 Å². The number of rotatable bonds is 4. The summed E-state index contributed by atoms with van der Waals surface area (Å²) in [6.07, 6.45) is 3.94. The fourth-order valence-corrected chi connectivity index (χ4v) is 2.85. The van der Waals surface area contributed by atoms with Crippen molar-refractivity contribution in [2.45, 2.75) is 6.18 Å². The SMILES string of the molecule is COC(=O)C1=C(C(=O)OC)N(c2cc(C(F)(F)F)ccc2-n2cccn2)C=CC=C1. The molecule has 0 bridgehead atoms. The number of allylic oxidation sites excluding steroid dienone is 2. The van der Waals surface area contributed by atoms with Gasteiger partial charge in [-0.05, 0) is 36.4 Å². The Morgan fingerprint density at radius 3 is 2.37 bits per heavy atom. The van der Waals surface area contributed by atoms with Gasteiger partial charge >= 0.3 is 18.1 Å². The molecule has 0 fully saturated rings. The topological polar surface area (TPSA) is 73.7 Å². The summed E-state index contributed by atoms with van der Waals surface area (Å²) in [5, 5.41) is 4.06. The first-order valence-corrected chi connectivity index (χ1v) is 8.54. The van der Waals surface area contributed by atoms with Crippen LogP contribution in [0.3, 0.4) is 0 Å². The summed E-state index contributed by atoms with van der Waals surface area (Å²) in [6.45, 7) is 0. The number of alkyl halides is 3. The fraction of sp³-hybridized carbons (Fsp3) is 0.150. The van der Waals surface area contributed by atoms with Gasteiger partial charge in [0.05, 0.1) is 36.7 Å². The van der Waals surface area contributed by atoms with E-state index in [1.165, 1.54) is 47.6 Å². The minimum absolute atomic E-state index is 0.0460. The van der Waals surface area contributed by atoms with Crippen LogP contribution in [-0.4, -0.2) is 35.9 Å². The van der Waals surface area contributed by atoms with Crippen LogP contribution in [0.15, 0.2) is 72.4 Å². The van der Waals surface area contributed by atoms with Gasteiger partial charge in [-0.3, -0.25) is 0 Å². The van der Waals surface area contributed by atoms with E-state index in [4.69, 9.17) is 9.47 Å². The van der Waals surface area contributed by atoms with Gasteiger partial charge in [-0.25, -0.2) is 14.3 Å². The zero-order chi connectivity index (χ0) is 21.9. The Morgan fingerprint density at radius 2 is 1.77 bits per heavy atom. The highest BCUT2D eigenvalue weighted by Crippen LogP contribution is 2.37. The Hall–Kier alpha value is -3.82. The normalized spacial score (nSPS) is 14.0. The average Bonchev–Trinajstić information content (AvgIpc) is 3.17. The van der Waals surface area contributed by atoms with E-state index in [0.29, 0.717) is 0 Å². The zero-order valence-corrected chi connectivity index (χ0v) is 15.9. The number of anilines is 1. The third-order valence-electron chi connectivity index (χ3n) is 4.20. The molecule has 7 nitrogen and oxygen atoms in total. The lowest BCUT2D eigenvalue weighted by Crippen LogP contribution is -2.28. The number of hydrogen-bond donors (Lipinski definition) is 0. The van der Waals surface area contributed by atoms with Gasteiger partial charge in [0.2, 0.25) is 0 Å². The maximum Gasteiger partial charge on any atom is 0.416 e. The van der Waals surface area contributed by atoms with E-state index in [0.717, 1.165) is 31.3 Å². The lowest BCUT2D eigenvalue weighted by molar-refractivity contribution is -0.139. The molecular formula is C20H16F3N3O4. The lowest BCUT2D eigenvalue weighted by atomic mass is 10.1. The molecule has 3 rings (SSSR count). The van der Waals surface area contributed by atoms with Gasteiger partial charge in [0.25, 0.3) is 0 Å². The van der Waals surface area contributed by atoms with Crippen LogP contribution >= 0.6 is 0 Å². The molecule has 0 spiro atoms. The molecule has 1 aliphatic rings. The van der Waals surface area contributed by atoms with Crippen molar-refractivity contribution >= 4 is 17.6 Å². The molecule has 0 atom stereocenters. The second kappa shape index (κ2) is 8.27. The monoisotopic (exact) mass is 419 g/mol. The molecule has 2 heterocycles. The van der Waals surface area contributed by atoms with Crippen LogP contribution < -0.4 is 4.90 Å². The molecule has 2 aromatic rings. The van der Waals surface area contributed by atoms with Crippen LogP contribution in [0.1, 0.15) is 5.56 Å². The maximum absolute atomic E-state index is 13.4. The number of aromatic nitrogens is 2. The summed E-state index contributed by atoms with van der Waals surface area (Å²) in [5.74, 6) is -1.79. The number of nitrogens with zero attached hydrogens (tertiary/aromatic N) is 3. The molecule has 0 amide bonds. The number of hydrogen-bond acceptors (Lipinski definition) is 6. The summed E-state index contributed by atoms with van der Waals surface area (Å²) < 4.78 is 51.1. The largest absolute Gasteiger partial charge is 0.465 e. The number of esters is 2. The molecule has 0 aliphatic carbocycles. The van der Waals surface area contributed by atoms with Gasteiger partial charge in [-0.2, -0.15) is 18.3 Å². The van der Waals surface area contributed by atoms with E-state index >= 15 is 0 Å². The summed E-state index contributed by atoms with van der Waals surface area (Å²) in [7, 11) is 2.22. The Bertz CT molecular complexity index is 1050. The van der Waals surface area contributed by atoms with Gasteiger partial charge in [0, 0.05) is 18.6 Å². The first-order chi connectivity index (χ1) is 14.3. The molecule has 30 heavy (non-hydrogen) atoms.